The lowest BCUT2D eigenvalue weighted by Crippen LogP contribution is -2.72. The first-order chi connectivity index (χ1) is 14.8. The number of hydrogen-bond donors (Lipinski definition) is 5. The summed E-state index contributed by atoms with van der Waals surface area (Å²) in [5, 5.41) is 15.5. The van der Waals surface area contributed by atoms with E-state index in [2.05, 4.69) is 26.6 Å². The maximum Gasteiger partial charge on any atom is 0.229 e. The molecule has 0 aromatic heterocycles. The third kappa shape index (κ3) is 4.72. The molecular weight excluding hydrogens is 465 g/mol. The molecule has 4 unspecified atom stereocenters. The summed E-state index contributed by atoms with van der Waals surface area (Å²) >= 11 is 18.0. The van der Waals surface area contributed by atoms with Gasteiger partial charge in [0, 0.05) is 17.1 Å². The number of nitrogens with one attached hydrogen (secondary N) is 5. The Hall–Kier alpha value is -2.52. The van der Waals surface area contributed by atoms with Gasteiger partial charge in [-0.25, -0.2) is 0 Å². The van der Waals surface area contributed by atoms with Gasteiger partial charge in [0.1, 0.15) is 0 Å². The van der Waals surface area contributed by atoms with E-state index in [1.165, 1.54) is 0 Å². The zero-order valence-electron chi connectivity index (χ0n) is 15.9. The number of fused-ring (bicyclic) bond motifs is 1. The Balaban J connectivity index is 1.49. The largest absolute Gasteiger partial charge is 0.353 e. The van der Waals surface area contributed by atoms with E-state index in [1.54, 1.807) is 42.5 Å². The van der Waals surface area contributed by atoms with Crippen molar-refractivity contribution in [2.24, 2.45) is 11.8 Å². The zero-order chi connectivity index (χ0) is 22.1. The first-order valence-electron chi connectivity index (χ1n) is 9.44. The van der Waals surface area contributed by atoms with Crippen molar-refractivity contribution in [3.63, 3.8) is 0 Å². The molecule has 2 heterocycles. The van der Waals surface area contributed by atoms with Crippen LogP contribution >= 0.6 is 34.8 Å². The monoisotopic (exact) mass is 481 g/mol. The Labute approximate surface area is 193 Å². The van der Waals surface area contributed by atoms with E-state index >= 15 is 0 Å². The van der Waals surface area contributed by atoms with E-state index in [4.69, 9.17) is 34.8 Å². The summed E-state index contributed by atoms with van der Waals surface area (Å²) in [5.41, 5.74) is 1.03. The number of rotatable bonds is 4. The molecule has 31 heavy (non-hydrogen) atoms. The van der Waals surface area contributed by atoms with E-state index in [0.29, 0.717) is 16.4 Å². The van der Waals surface area contributed by atoms with Gasteiger partial charge in [-0.1, -0.05) is 40.9 Å². The highest BCUT2D eigenvalue weighted by Gasteiger charge is 2.48. The number of carbonyl (C=O) groups is 3. The summed E-state index contributed by atoms with van der Waals surface area (Å²) in [5.74, 6) is -2.90. The van der Waals surface area contributed by atoms with Gasteiger partial charge < -0.3 is 21.3 Å². The normalized spacial score (nSPS) is 25.1. The van der Waals surface area contributed by atoms with Crippen molar-refractivity contribution < 1.29 is 14.4 Å². The van der Waals surface area contributed by atoms with Gasteiger partial charge in [0.25, 0.3) is 0 Å². The van der Waals surface area contributed by atoms with Crippen molar-refractivity contribution in [3.05, 3.63) is 57.5 Å². The van der Waals surface area contributed by atoms with Crippen molar-refractivity contribution in [2.75, 3.05) is 10.6 Å². The summed E-state index contributed by atoms with van der Waals surface area (Å²) in [6.45, 7) is 0. The molecule has 0 aliphatic carbocycles. The van der Waals surface area contributed by atoms with Gasteiger partial charge in [0.05, 0.1) is 33.7 Å². The molecule has 2 fully saturated rings. The van der Waals surface area contributed by atoms with Crippen LogP contribution < -0.4 is 26.6 Å². The molecule has 2 aliphatic heterocycles. The van der Waals surface area contributed by atoms with Crippen molar-refractivity contribution >= 4 is 63.9 Å². The summed E-state index contributed by atoms with van der Waals surface area (Å²) < 4.78 is 0. The minimum absolute atomic E-state index is 0.129. The van der Waals surface area contributed by atoms with Crippen LogP contribution in [0.25, 0.3) is 0 Å². The van der Waals surface area contributed by atoms with Crippen molar-refractivity contribution in [1.29, 1.82) is 0 Å². The molecule has 4 atom stereocenters. The third-order valence-corrected chi connectivity index (χ3v) is 6.22. The highest BCUT2D eigenvalue weighted by atomic mass is 35.5. The molecule has 5 N–H and O–H groups in total. The Morgan fingerprint density at radius 1 is 1.00 bits per heavy atom. The van der Waals surface area contributed by atoms with Crippen LogP contribution in [0, 0.1) is 11.8 Å². The second-order valence-corrected chi connectivity index (χ2v) is 8.45. The highest BCUT2D eigenvalue weighted by molar-refractivity contribution is 6.44. The number of halogens is 3. The molecule has 0 spiro atoms. The van der Waals surface area contributed by atoms with Crippen LogP contribution in [0.5, 0.6) is 0 Å². The lowest BCUT2D eigenvalue weighted by molar-refractivity contribution is -0.144. The van der Waals surface area contributed by atoms with E-state index in [-0.39, 0.29) is 28.3 Å². The van der Waals surface area contributed by atoms with Gasteiger partial charge in [0.2, 0.25) is 17.7 Å². The van der Waals surface area contributed by atoms with Crippen LogP contribution in [-0.4, -0.2) is 30.2 Å². The molecule has 2 aromatic rings. The number of benzene rings is 2. The second-order valence-electron chi connectivity index (χ2n) is 7.23. The van der Waals surface area contributed by atoms with Gasteiger partial charge in [-0.15, -0.1) is 0 Å². The molecule has 2 aliphatic rings. The predicted octanol–water partition coefficient (Wildman–Crippen LogP) is 2.78. The molecular formula is C20H18Cl3N5O3. The Kier molecular flexibility index (Phi) is 6.24. The standard InChI is InChI=1S/C20H18Cl3N5O3/c21-9-4-6-10(7-5-9)24-20-27-17-15(19(31)28-20)11(8-14(29)26-17)18(30)25-13-3-1-2-12(22)16(13)23/h1-7,11,15,17,20,24,27H,8H2,(H,25,30)(H,26,29)(H,28,31). The highest BCUT2D eigenvalue weighted by Crippen LogP contribution is 2.32. The van der Waals surface area contributed by atoms with Crippen molar-refractivity contribution in [3.8, 4) is 0 Å². The Morgan fingerprint density at radius 2 is 1.74 bits per heavy atom. The fourth-order valence-corrected chi connectivity index (χ4v) is 4.17. The summed E-state index contributed by atoms with van der Waals surface area (Å²) in [7, 11) is 0. The van der Waals surface area contributed by atoms with Crippen LogP contribution in [0.4, 0.5) is 11.4 Å². The maximum atomic E-state index is 13.0. The van der Waals surface area contributed by atoms with Gasteiger partial charge in [-0.2, -0.15) is 0 Å². The number of piperidine rings is 1. The molecule has 8 nitrogen and oxygen atoms in total. The van der Waals surface area contributed by atoms with Crippen LogP contribution in [0.2, 0.25) is 15.1 Å². The predicted molar refractivity (Wildman–Crippen MR) is 119 cm³/mol. The average Bonchev–Trinajstić information content (AvgIpc) is 2.72. The molecule has 4 rings (SSSR count). The smallest absolute Gasteiger partial charge is 0.229 e. The number of anilines is 2. The van der Waals surface area contributed by atoms with Crippen LogP contribution in [0.1, 0.15) is 6.42 Å². The van der Waals surface area contributed by atoms with E-state index in [0.717, 1.165) is 0 Å². The molecule has 0 radical (unpaired) electrons. The van der Waals surface area contributed by atoms with Gasteiger partial charge in [-0.05, 0) is 36.4 Å². The molecule has 0 saturated carbocycles. The van der Waals surface area contributed by atoms with Gasteiger partial charge in [-0.3, -0.25) is 19.7 Å². The van der Waals surface area contributed by atoms with E-state index in [1.807, 2.05) is 0 Å². The summed E-state index contributed by atoms with van der Waals surface area (Å²) in [6.07, 6.45) is -1.51. The maximum absolute atomic E-state index is 13.0. The second kappa shape index (κ2) is 8.92. The van der Waals surface area contributed by atoms with Crippen molar-refractivity contribution in [2.45, 2.75) is 18.9 Å². The molecule has 3 amide bonds. The topological polar surface area (TPSA) is 111 Å². The minimum Gasteiger partial charge on any atom is -0.353 e. The molecule has 0 bridgehead atoms. The SMILES string of the molecule is O=C1CC(C(=O)Nc2cccc(Cl)c2Cl)C2C(=O)NC(Nc3ccc(Cl)cc3)NC2N1. The van der Waals surface area contributed by atoms with E-state index < -0.39 is 30.2 Å². The number of amides is 3. The quantitative estimate of drug-likeness (QED) is 0.460. The zero-order valence-corrected chi connectivity index (χ0v) is 18.2. The molecule has 2 saturated heterocycles. The van der Waals surface area contributed by atoms with Crippen LogP contribution in [-0.2, 0) is 14.4 Å². The molecule has 162 valence electrons. The molecule has 11 heteroatoms. The van der Waals surface area contributed by atoms with Gasteiger partial charge in [0.15, 0.2) is 6.29 Å². The molecule has 2 aromatic carbocycles. The fourth-order valence-electron chi connectivity index (χ4n) is 3.69. The van der Waals surface area contributed by atoms with Crippen LogP contribution in [0.15, 0.2) is 42.5 Å². The fraction of sp³-hybridized carbons (Fsp3) is 0.250. The number of carbonyl (C=O) groups excluding carboxylic acids is 3. The number of hydrogen-bond acceptors (Lipinski definition) is 5. The summed E-state index contributed by atoms with van der Waals surface area (Å²) in [4.78, 5) is 38.1. The minimum atomic E-state index is -0.891. The lowest BCUT2D eigenvalue weighted by atomic mass is 9.81. The average molecular weight is 483 g/mol. The Bertz CT molecular complexity index is 1030. The summed E-state index contributed by atoms with van der Waals surface area (Å²) in [6, 6.07) is 11.8. The Morgan fingerprint density at radius 3 is 2.48 bits per heavy atom. The third-order valence-electron chi connectivity index (χ3n) is 5.15. The van der Waals surface area contributed by atoms with Crippen LogP contribution in [0.3, 0.4) is 0 Å². The first kappa shape index (κ1) is 21.7. The van der Waals surface area contributed by atoms with Crippen molar-refractivity contribution in [1.82, 2.24) is 16.0 Å². The van der Waals surface area contributed by atoms with Gasteiger partial charge >= 0.3 is 0 Å². The lowest BCUT2D eigenvalue weighted by Gasteiger charge is -2.43. The van der Waals surface area contributed by atoms with E-state index in [9.17, 15) is 14.4 Å². The first-order valence-corrected chi connectivity index (χ1v) is 10.6.